The molecule has 0 bridgehead atoms. The summed E-state index contributed by atoms with van der Waals surface area (Å²) in [6.45, 7) is 3.71. The Morgan fingerprint density at radius 2 is 2.17 bits per heavy atom. The third-order valence-corrected chi connectivity index (χ3v) is 3.26. The van der Waals surface area contributed by atoms with Crippen LogP contribution in [-0.2, 0) is 11.8 Å². The molecular weight excluding hydrogens is 254 g/mol. The molecule has 0 spiro atoms. The number of hydrogen-bond acceptors (Lipinski definition) is 5. The van der Waals surface area contributed by atoms with Gasteiger partial charge in [-0.1, -0.05) is 11.8 Å². The van der Waals surface area contributed by atoms with Crippen molar-refractivity contribution in [2.24, 2.45) is 7.05 Å². The third kappa shape index (κ3) is 2.37. The van der Waals surface area contributed by atoms with E-state index in [2.05, 4.69) is 15.3 Å². The normalized spacial score (nSPS) is 10.8. The topological polar surface area (TPSA) is 85.8 Å². The second kappa shape index (κ2) is 4.81. The van der Waals surface area contributed by atoms with E-state index in [1.165, 1.54) is 0 Å². The van der Waals surface area contributed by atoms with Crippen LogP contribution in [0.5, 0.6) is 0 Å². The number of carbonyl (C=O) groups is 1. The molecule has 8 heteroatoms. The van der Waals surface area contributed by atoms with Crippen molar-refractivity contribution < 1.29 is 9.90 Å². The number of carboxylic acids is 1. The first-order valence-electron chi connectivity index (χ1n) is 5.26. The molecule has 0 fully saturated rings. The molecule has 0 atom stereocenters. The highest BCUT2D eigenvalue weighted by atomic mass is 32.2. The first-order valence-corrected chi connectivity index (χ1v) is 6.25. The molecule has 2 rings (SSSR count). The minimum absolute atomic E-state index is 0.0442. The molecule has 96 valence electrons. The largest absolute Gasteiger partial charge is 0.481 e. The summed E-state index contributed by atoms with van der Waals surface area (Å²) < 4.78 is 3.52. The number of thioether (sulfide) groups is 1. The highest BCUT2D eigenvalue weighted by Crippen LogP contribution is 2.23. The van der Waals surface area contributed by atoms with Crippen LogP contribution < -0.4 is 0 Å². The van der Waals surface area contributed by atoms with E-state index in [1.54, 1.807) is 4.68 Å². The number of aliphatic carboxylic acids is 1. The van der Waals surface area contributed by atoms with Gasteiger partial charge in [-0.25, -0.2) is 0 Å². The lowest BCUT2D eigenvalue weighted by Crippen LogP contribution is -2.03. The molecule has 2 aromatic heterocycles. The standard InChI is InChI=1S/C10H13N5O2S/c1-6-8(4-14(3)13-6)15-7(2)11-12-10(15)18-5-9(16)17/h4H,5H2,1-3H3,(H,16,17). The zero-order valence-electron chi connectivity index (χ0n) is 10.3. The van der Waals surface area contributed by atoms with E-state index in [4.69, 9.17) is 5.11 Å². The minimum atomic E-state index is -0.880. The molecule has 2 aromatic rings. The smallest absolute Gasteiger partial charge is 0.313 e. The van der Waals surface area contributed by atoms with Crippen LogP contribution in [0, 0.1) is 13.8 Å². The second-order valence-corrected chi connectivity index (χ2v) is 4.76. The highest BCUT2D eigenvalue weighted by Gasteiger charge is 2.16. The zero-order chi connectivity index (χ0) is 13.3. The Labute approximate surface area is 108 Å². The van der Waals surface area contributed by atoms with Gasteiger partial charge in [0.05, 0.1) is 17.1 Å². The summed E-state index contributed by atoms with van der Waals surface area (Å²) in [4.78, 5) is 10.6. The van der Waals surface area contributed by atoms with Crippen LogP contribution in [0.25, 0.3) is 5.69 Å². The Morgan fingerprint density at radius 1 is 1.44 bits per heavy atom. The lowest BCUT2D eigenvalue weighted by atomic mass is 10.4. The van der Waals surface area contributed by atoms with Crippen molar-refractivity contribution in [2.75, 3.05) is 5.75 Å². The van der Waals surface area contributed by atoms with Gasteiger partial charge in [0.25, 0.3) is 0 Å². The van der Waals surface area contributed by atoms with Gasteiger partial charge in [0.1, 0.15) is 5.82 Å². The van der Waals surface area contributed by atoms with E-state index >= 15 is 0 Å². The summed E-state index contributed by atoms with van der Waals surface area (Å²) in [6.07, 6.45) is 1.86. The summed E-state index contributed by atoms with van der Waals surface area (Å²) in [6, 6.07) is 0. The summed E-state index contributed by atoms with van der Waals surface area (Å²) in [5.74, 6) is -0.216. The van der Waals surface area contributed by atoms with Crippen LogP contribution in [-0.4, -0.2) is 41.4 Å². The molecule has 0 saturated carbocycles. The molecule has 0 aliphatic rings. The average Bonchev–Trinajstić information content (AvgIpc) is 2.79. The van der Waals surface area contributed by atoms with Gasteiger partial charge in [-0.15, -0.1) is 10.2 Å². The predicted octanol–water partition coefficient (Wildman–Crippen LogP) is 0.794. The van der Waals surface area contributed by atoms with Crippen LogP contribution in [0.15, 0.2) is 11.4 Å². The maximum atomic E-state index is 10.6. The molecule has 0 radical (unpaired) electrons. The monoisotopic (exact) mass is 267 g/mol. The molecule has 1 N–H and O–H groups in total. The van der Waals surface area contributed by atoms with Gasteiger partial charge < -0.3 is 5.11 Å². The van der Waals surface area contributed by atoms with Crippen molar-refractivity contribution in [1.82, 2.24) is 24.5 Å². The Balaban J connectivity index is 2.40. The third-order valence-electron chi connectivity index (χ3n) is 2.35. The number of aromatic nitrogens is 5. The van der Waals surface area contributed by atoms with Gasteiger partial charge in [0.15, 0.2) is 5.16 Å². The molecule has 7 nitrogen and oxygen atoms in total. The van der Waals surface area contributed by atoms with Gasteiger partial charge in [-0.2, -0.15) is 5.10 Å². The van der Waals surface area contributed by atoms with Gasteiger partial charge in [-0.05, 0) is 13.8 Å². The molecule has 0 unspecified atom stereocenters. The lowest BCUT2D eigenvalue weighted by molar-refractivity contribution is -0.133. The fourth-order valence-electron chi connectivity index (χ4n) is 1.65. The van der Waals surface area contributed by atoms with E-state index in [0.29, 0.717) is 11.0 Å². The fraction of sp³-hybridized carbons (Fsp3) is 0.400. The maximum Gasteiger partial charge on any atom is 0.313 e. The van der Waals surface area contributed by atoms with Gasteiger partial charge in [0, 0.05) is 13.2 Å². The SMILES string of the molecule is Cc1nn(C)cc1-n1c(C)nnc1SCC(=O)O. The molecule has 2 heterocycles. The molecule has 0 aliphatic heterocycles. The number of rotatable bonds is 4. The summed E-state index contributed by atoms with van der Waals surface area (Å²) in [5.41, 5.74) is 1.71. The number of aryl methyl sites for hydroxylation is 3. The molecule has 18 heavy (non-hydrogen) atoms. The van der Waals surface area contributed by atoms with Crippen molar-refractivity contribution in [3.63, 3.8) is 0 Å². The summed E-state index contributed by atoms with van der Waals surface area (Å²) in [5, 5.41) is 21.5. The second-order valence-electron chi connectivity index (χ2n) is 3.82. The quantitative estimate of drug-likeness (QED) is 0.824. The first-order chi connectivity index (χ1) is 8.49. The number of nitrogens with zero attached hydrogens (tertiary/aromatic N) is 5. The van der Waals surface area contributed by atoms with Crippen molar-refractivity contribution >= 4 is 17.7 Å². The Kier molecular flexibility index (Phi) is 3.37. The Hall–Kier alpha value is -1.83. The van der Waals surface area contributed by atoms with E-state index in [1.807, 2.05) is 31.7 Å². The Bertz CT molecular complexity index is 589. The van der Waals surface area contributed by atoms with Gasteiger partial charge in [0.2, 0.25) is 0 Å². The van der Waals surface area contributed by atoms with Crippen LogP contribution in [0.2, 0.25) is 0 Å². The van der Waals surface area contributed by atoms with Crippen LogP contribution in [0.4, 0.5) is 0 Å². The van der Waals surface area contributed by atoms with E-state index in [9.17, 15) is 4.79 Å². The summed E-state index contributed by atoms with van der Waals surface area (Å²) >= 11 is 1.14. The van der Waals surface area contributed by atoms with Crippen LogP contribution in [0.1, 0.15) is 11.5 Å². The van der Waals surface area contributed by atoms with Gasteiger partial charge >= 0.3 is 5.97 Å². The highest BCUT2D eigenvalue weighted by molar-refractivity contribution is 7.99. The number of hydrogen-bond donors (Lipinski definition) is 1. The molecule has 0 amide bonds. The van der Waals surface area contributed by atoms with E-state index in [0.717, 1.165) is 23.1 Å². The lowest BCUT2D eigenvalue weighted by Gasteiger charge is -2.05. The van der Waals surface area contributed by atoms with Crippen molar-refractivity contribution in [2.45, 2.75) is 19.0 Å². The number of carboxylic acid groups (broad SMARTS) is 1. The molecular formula is C10H13N5O2S. The molecule has 0 aliphatic carbocycles. The average molecular weight is 267 g/mol. The first kappa shape index (κ1) is 12.6. The van der Waals surface area contributed by atoms with Crippen molar-refractivity contribution in [3.05, 3.63) is 17.7 Å². The van der Waals surface area contributed by atoms with E-state index in [-0.39, 0.29) is 5.75 Å². The van der Waals surface area contributed by atoms with Crippen molar-refractivity contribution in [1.29, 1.82) is 0 Å². The zero-order valence-corrected chi connectivity index (χ0v) is 11.1. The van der Waals surface area contributed by atoms with Crippen LogP contribution >= 0.6 is 11.8 Å². The fourth-order valence-corrected chi connectivity index (χ4v) is 2.36. The van der Waals surface area contributed by atoms with Crippen molar-refractivity contribution in [3.8, 4) is 5.69 Å². The summed E-state index contributed by atoms with van der Waals surface area (Å²) in [7, 11) is 1.83. The maximum absolute atomic E-state index is 10.6. The molecule has 0 aromatic carbocycles. The molecule has 0 saturated heterocycles. The van der Waals surface area contributed by atoms with Crippen LogP contribution in [0.3, 0.4) is 0 Å². The predicted molar refractivity (Wildman–Crippen MR) is 66.0 cm³/mol. The Morgan fingerprint density at radius 3 is 2.72 bits per heavy atom. The van der Waals surface area contributed by atoms with Gasteiger partial charge in [-0.3, -0.25) is 14.0 Å². The minimum Gasteiger partial charge on any atom is -0.481 e. The van der Waals surface area contributed by atoms with E-state index < -0.39 is 5.97 Å².